The topological polar surface area (TPSA) is 173 Å². The quantitative estimate of drug-likeness (QED) is 0.186. The van der Waals surface area contributed by atoms with Crippen molar-refractivity contribution in [3.8, 4) is 0 Å². The van der Waals surface area contributed by atoms with Crippen LogP contribution in [0.4, 0.5) is 4.79 Å². The number of carbonyl (C=O) groups excluding carboxylic acids is 6. The highest BCUT2D eigenvalue weighted by Gasteiger charge is 2.49. The van der Waals surface area contributed by atoms with E-state index in [0.717, 1.165) is 5.56 Å². The van der Waals surface area contributed by atoms with Crippen LogP contribution in [-0.2, 0) is 49.3 Å². The van der Waals surface area contributed by atoms with E-state index in [1.807, 2.05) is 58.0 Å². The molecular weight excluding hydrogens is 771 g/mol. The number of methoxy groups -OCH3 is 3. The van der Waals surface area contributed by atoms with E-state index in [9.17, 15) is 28.8 Å². The average molecular weight is 844 g/mol. The number of likely N-dealkylation sites (tertiary alicyclic amines) is 2. The van der Waals surface area contributed by atoms with Crippen molar-refractivity contribution in [2.45, 2.75) is 155 Å². The first-order valence-corrected chi connectivity index (χ1v) is 21.5. The average Bonchev–Trinajstić information content (AvgIpc) is 3.86. The molecule has 1 aromatic carbocycles. The van der Waals surface area contributed by atoms with Crippen LogP contribution in [0.1, 0.15) is 106 Å². The third kappa shape index (κ3) is 12.4. The largest absolute Gasteiger partial charge is 0.467 e. The summed E-state index contributed by atoms with van der Waals surface area (Å²) >= 11 is 0. The molecule has 0 spiro atoms. The minimum Gasteiger partial charge on any atom is -0.467 e. The predicted octanol–water partition coefficient (Wildman–Crippen LogP) is 4.74. The molecule has 2 aliphatic rings. The van der Waals surface area contributed by atoms with Gasteiger partial charge in [0.05, 0.1) is 43.7 Å². The molecule has 0 aliphatic carbocycles. The standard InChI is InChI=1S/C45H73N5O10/c1-14-29(4)37(48(10)40(53)36(28(2)3)47-42(55)45(9)23-19-25-50(45)43(56)60-44(6,7)8)34(57-11)27-35(51)49-24-18-22-33(49)38(58-12)30(5)39(52)46-32(41(54)59-13)26-31-20-16-15-17-21-31/h15-17,20-21,28-30,32-34,36-38H,14,18-19,22-27H2,1-13H3,(H,46,52)(H,47,55)/t29-,30+,32-,33-,34+,36-,37-,38+,45-/m0/s1. The van der Waals surface area contributed by atoms with Gasteiger partial charge in [0, 0.05) is 40.8 Å². The first-order valence-electron chi connectivity index (χ1n) is 21.5. The number of likely N-dealkylation sites (N-methyl/N-ethyl adjacent to an activating group) is 1. The van der Waals surface area contributed by atoms with Crippen LogP contribution in [0.5, 0.6) is 0 Å². The molecule has 0 radical (unpaired) electrons. The molecule has 2 N–H and O–H groups in total. The molecule has 0 unspecified atom stereocenters. The summed E-state index contributed by atoms with van der Waals surface area (Å²) in [6.45, 7) is 17.3. The summed E-state index contributed by atoms with van der Waals surface area (Å²) in [5.41, 5.74) is -1.08. The molecule has 0 bridgehead atoms. The van der Waals surface area contributed by atoms with Crippen molar-refractivity contribution < 1.29 is 47.7 Å². The maximum Gasteiger partial charge on any atom is 0.411 e. The SMILES string of the molecule is CC[C@H](C)[C@@H]([C@@H](CC(=O)N1CCC[C@H]1[C@H](OC)[C@@H](C)C(=O)N[C@@H](Cc1ccccc1)C(=O)OC)OC)N(C)C(=O)[C@@H](NC(=O)[C@]1(C)CCCN1C(=O)OC(C)(C)C)C(C)C. The summed E-state index contributed by atoms with van der Waals surface area (Å²) in [6.07, 6.45) is 1.28. The monoisotopic (exact) mass is 844 g/mol. The molecule has 60 heavy (non-hydrogen) atoms. The fourth-order valence-corrected chi connectivity index (χ4v) is 8.63. The molecule has 9 atom stereocenters. The van der Waals surface area contributed by atoms with Crippen molar-refractivity contribution in [2.24, 2.45) is 17.8 Å². The number of ether oxygens (including phenoxy) is 4. The van der Waals surface area contributed by atoms with Crippen LogP contribution in [0, 0.1) is 17.8 Å². The van der Waals surface area contributed by atoms with Gasteiger partial charge in [-0.3, -0.25) is 24.1 Å². The summed E-state index contributed by atoms with van der Waals surface area (Å²) in [7, 11) is 6.00. The molecule has 338 valence electrons. The Morgan fingerprint density at radius 1 is 0.933 bits per heavy atom. The summed E-state index contributed by atoms with van der Waals surface area (Å²) < 4.78 is 22.6. The Bertz CT molecular complexity index is 1620. The molecule has 1 aromatic rings. The minimum atomic E-state index is -1.21. The van der Waals surface area contributed by atoms with Gasteiger partial charge in [-0.2, -0.15) is 0 Å². The molecule has 2 fully saturated rings. The van der Waals surface area contributed by atoms with Crippen LogP contribution in [0.15, 0.2) is 30.3 Å². The maximum atomic E-state index is 14.5. The fraction of sp³-hybridized carbons (Fsp3) is 0.733. The molecule has 0 saturated carbocycles. The maximum absolute atomic E-state index is 14.5. The van der Waals surface area contributed by atoms with Crippen LogP contribution in [0.25, 0.3) is 0 Å². The van der Waals surface area contributed by atoms with E-state index in [2.05, 4.69) is 10.6 Å². The molecular formula is C45H73N5O10. The minimum absolute atomic E-state index is 0.0419. The van der Waals surface area contributed by atoms with E-state index in [4.69, 9.17) is 18.9 Å². The Morgan fingerprint density at radius 2 is 1.58 bits per heavy atom. The first kappa shape index (κ1) is 50.1. The molecule has 2 saturated heterocycles. The van der Waals surface area contributed by atoms with E-state index < -0.39 is 77.3 Å². The fourth-order valence-electron chi connectivity index (χ4n) is 8.63. The lowest BCUT2D eigenvalue weighted by atomic mass is 9.89. The van der Waals surface area contributed by atoms with Gasteiger partial charge in [-0.1, -0.05) is 71.4 Å². The van der Waals surface area contributed by atoms with Crippen molar-refractivity contribution in [3.63, 3.8) is 0 Å². The van der Waals surface area contributed by atoms with Crippen molar-refractivity contribution in [2.75, 3.05) is 41.5 Å². The van der Waals surface area contributed by atoms with Gasteiger partial charge in [-0.15, -0.1) is 0 Å². The first-order chi connectivity index (χ1) is 28.1. The molecule has 0 aromatic heterocycles. The van der Waals surface area contributed by atoms with E-state index in [1.54, 1.807) is 51.5 Å². The second-order valence-corrected chi connectivity index (χ2v) is 18.1. The van der Waals surface area contributed by atoms with Crippen molar-refractivity contribution in [3.05, 3.63) is 35.9 Å². The molecule has 3 rings (SSSR count). The molecule has 5 amide bonds. The van der Waals surface area contributed by atoms with Gasteiger partial charge < -0.3 is 39.4 Å². The zero-order valence-electron chi connectivity index (χ0n) is 38.4. The predicted molar refractivity (Wildman–Crippen MR) is 228 cm³/mol. The normalized spacial score (nSPS) is 21.6. The Labute approximate surface area is 357 Å². The zero-order valence-corrected chi connectivity index (χ0v) is 38.4. The molecule has 15 nitrogen and oxygen atoms in total. The van der Waals surface area contributed by atoms with Gasteiger partial charge in [0.1, 0.15) is 23.2 Å². The highest BCUT2D eigenvalue weighted by molar-refractivity contribution is 5.94. The third-order valence-electron chi connectivity index (χ3n) is 12.3. The van der Waals surface area contributed by atoms with Crippen molar-refractivity contribution in [1.29, 1.82) is 0 Å². The molecule has 15 heteroatoms. The van der Waals surface area contributed by atoms with Gasteiger partial charge in [-0.25, -0.2) is 9.59 Å². The van der Waals surface area contributed by atoms with Crippen LogP contribution < -0.4 is 10.6 Å². The van der Waals surface area contributed by atoms with Crippen LogP contribution in [-0.4, -0.2) is 139 Å². The number of nitrogens with one attached hydrogen (secondary N) is 2. The lowest BCUT2D eigenvalue weighted by molar-refractivity contribution is -0.149. The van der Waals surface area contributed by atoms with E-state index in [0.29, 0.717) is 45.2 Å². The van der Waals surface area contributed by atoms with E-state index in [-0.39, 0.29) is 36.5 Å². The lowest BCUT2D eigenvalue weighted by Gasteiger charge is -2.41. The van der Waals surface area contributed by atoms with Gasteiger partial charge in [0.15, 0.2) is 0 Å². The van der Waals surface area contributed by atoms with Gasteiger partial charge in [-0.05, 0) is 70.8 Å². The highest BCUT2D eigenvalue weighted by Crippen LogP contribution is 2.33. The number of hydrogen-bond donors (Lipinski definition) is 2. The van der Waals surface area contributed by atoms with Crippen molar-refractivity contribution >= 4 is 35.7 Å². The third-order valence-corrected chi connectivity index (χ3v) is 12.3. The second kappa shape index (κ2) is 22.0. The van der Waals surface area contributed by atoms with Gasteiger partial charge in [0.25, 0.3) is 0 Å². The summed E-state index contributed by atoms with van der Waals surface area (Å²) in [4.78, 5) is 87.2. The van der Waals surface area contributed by atoms with Gasteiger partial charge in [0.2, 0.25) is 23.6 Å². The summed E-state index contributed by atoms with van der Waals surface area (Å²) in [5.74, 6) is -3.06. The Hall–Kier alpha value is -4.24. The summed E-state index contributed by atoms with van der Waals surface area (Å²) in [5, 5.41) is 5.85. The second-order valence-electron chi connectivity index (χ2n) is 18.1. The van der Waals surface area contributed by atoms with Crippen LogP contribution in [0.3, 0.4) is 0 Å². The molecule has 2 aliphatic heterocycles. The number of nitrogens with zero attached hydrogens (tertiary/aromatic N) is 3. The van der Waals surface area contributed by atoms with E-state index >= 15 is 0 Å². The smallest absolute Gasteiger partial charge is 0.411 e. The Balaban J connectivity index is 1.79. The zero-order chi connectivity index (χ0) is 45.1. The Morgan fingerprint density at radius 3 is 2.13 bits per heavy atom. The highest BCUT2D eigenvalue weighted by atomic mass is 16.6. The molecule has 2 heterocycles. The number of esters is 1. The van der Waals surface area contributed by atoms with Gasteiger partial charge >= 0.3 is 12.1 Å². The van der Waals surface area contributed by atoms with Crippen LogP contribution in [0.2, 0.25) is 0 Å². The van der Waals surface area contributed by atoms with Crippen molar-refractivity contribution in [1.82, 2.24) is 25.3 Å². The summed E-state index contributed by atoms with van der Waals surface area (Å²) in [6, 6.07) is 6.54. The number of benzene rings is 1. The number of hydrogen-bond acceptors (Lipinski definition) is 10. The number of amides is 5. The Kier molecular flexibility index (Phi) is 18.4. The van der Waals surface area contributed by atoms with Crippen LogP contribution >= 0.6 is 0 Å². The van der Waals surface area contributed by atoms with E-state index in [1.165, 1.54) is 26.2 Å². The number of carbonyl (C=O) groups is 6. The number of rotatable bonds is 19. The lowest BCUT2D eigenvalue weighted by Crippen LogP contribution is -2.62.